The average Bonchev–Trinajstić information content (AvgIpc) is 2.75. The number of carbonyl (C=O) groups is 2. The zero-order chi connectivity index (χ0) is 13.1. The number of amides is 1. The molecule has 1 heterocycles. The van der Waals surface area contributed by atoms with Gasteiger partial charge in [-0.1, -0.05) is 12.8 Å². The van der Waals surface area contributed by atoms with Gasteiger partial charge in [-0.05, 0) is 25.2 Å². The van der Waals surface area contributed by atoms with E-state index in [1.165, 1.54) is 12.8 Å². The Hall–Kier alpha value is -1.10. The quantitative estimate of drug-likeness (QED) is 0.780. The van der Waals surface area contributed by atoms with Crippen LogP contribution in [0.1, 0.15) is 38.5 Å². The van der Waals surface area contributed by atoms with Crippen LogP contribution in [0.15, 0.2) is 0 Å². The molecule has 0 aromatic carbocycles. The number of fused-ring (bicyclic) bond motifs is 1. The molecule has 2 N–H and O–H groups in total. The van der Waals surface area contributed by atoms with Crippen LogP contribution in [0.4, 0.5) is 0 Å². The third-order valence-electron chi connectivity index (χ3n) is 4.38. The van der Waals surface area contributed by atoms with Crippen molar-refractivity contribution in [2.24, 2.45) is 5.92 Å². The maximum absolute atomic E-state index is 11.3. The summed E-state index contributed by atoms with van der Waals surface area (Å²) in [4.78, 5) is 24.7. The number of nitrogens with one attached hydrogen (secondary N) is 1. The summed E-state index contributed by atoms with van der Waals surface area (Å²) < 4.78 is 0. The fourth-order valence-electron chi connectivity index (χ4n) is 3.47. The highest BCUT2D eigenvalue weighted by atomic mass is 16.4. The summed E-state index contributed by atoms with van der Waals surface area (Å²) in [5.41, 5.74) is 0. The minimum atomic E-state index is -0.735. The summed E-state index contributed by atoms with van der Waals surface area (Å²) in [5, 5.41) is 11.9. The molecule has 1 saturated heterocycles. The molecule has 0 aromatic rings. The Bertz CT molecular complexity index is 332. The molecule has 1 aliphatic carbocycles. The first-order chi connectivity index (χ1) is 8.63. The molecule has 1 saturated carbocycles. The van der Waals surface area contributed by atoms with E-state index in [0.717, 1.165) is 19.3 Å². The SMILES string of the molecule is CNC(=O)CCN1C(C(=O)O)CC2CCCCC21. The summed E-state index contributed by atoms with van der Waals surface area (Å²) in [7, 11) is 1.62. The first kappa shape index (κ1) is 13.3. The molecule has 102 valence electrons. The standard InChI is InChI=1S/C13H22N2O3/c1-14-12(16)6-7-15-10-5-3-2-4-9(10)8-11(15)13(17)18/h9-11H,2-8H2,1H3,(H,14,16)(H,17,18). The fraction of sp³-hybridized carbons (Fsp3) is 0.846. The third-order valence-corrected chi connectivity index (χ3v) is 4.38. The van der Waals surface area contributed by atoms with Crippen molar-refractivity contribution >= 4 is 11.9 Å². The molecule has 1 amide bonds. The number of rotatable bonds is 4. The van der Waals surface area contributed by atoms with Crippen LogP contribution in [0.25, 0.3) is 0 Å². The molecular formula is C13H22N2O3. The van der Waals surface area contributed by atoms with Gasteiger partial charge in [0, 0.05) is 26.1 Å². The number of carbonyl (C=O) groups excluding carboxylic acids is 1. The van der Waals surface area contributed by atoms with Gasteiger partial charge < -0.3 is 10.4 Å². The molecule has 3 unspecified atom stereocenters. The highest BCUT2D eigenvalue weighted by molar-refractivity contribution is 5.76. The maximum atomic E-state index is 11.3. The molecule has 3 atom stereocenters. The molecule has 18 heavy (non-hydrogen) atoms. The number of nitrogens with zero attached hydrogens (tertiary/aromatic N) is 1. The van der Waals surface area contributed by atoms with E-state index in [4.69, 9.17) is 0 Å². The smallest absolute Gasteiger partial charge is 0.320 e. The summed E-state index contributed by atoms with van der Waals surface area (Å²) in [6.45, 7) is 0.567. The summed E-state index contributed by atoms with van der Waals surface area (Å²) in [6, 6.07) is -0.00716. The topological polar surface area (TPSA) is 69.6 Å². The predicted octanol–water partition coefficient (Wildman–Crippen LogP) is 0.840. The van der Waals surface area contributed by atoms with Gasteiger partial charge in [0.2, 0.25) is 5.91 Å². The van der Waals surface area contributed by atoms with Crippen LogP contribution in [-0.2, 0) is 9.59 Å². The minimum Gasteiger partial charge on any atom is -0.480 e. The van der Waals surface area contributed by atoms with Crippen LogP contribution in [0.3, 0.4) is 0 Å². The average molecular weight is 254 g/mol. The lowest BCUT2D eigenvalue weighted by Crippen LogP contribution is -2.43. The highest BCUT2D eigenvalue weighted by Crippen LogP contribution is 2.39. The number of hydrogen-bond donors (Lipinski definition) is 2. The molecule has 0 radical (unpaired) electrons. The molecule has 0 aromatic heterocycles. The largest absolute Gasteiger partial charge is 0.480 e. The van der Waals surface area contributed by atoms with Crippen molar-refractivity contribution in [3.8, 4) is 0 Å². The lowest BCUT2D eigenvalue weighted by molar-refractivity contribution is -0.143. The van der Waals surface area contributed by atoms with Gasteiger partial charge in [-0.2, -0.15) is 0 Å². The summed E-state index contributed by atoms with van der Waals surface area (Å²) in [6.07, 6.45) is 5.78. The third kappa shape index (κ3) is 2.66. The van der Waals surface area contributed by atoms with Crippen LogP contribution in [0.2, 0.25) is 0 Å². The van der Waals surface area contributed by atoms with Crippen molar-refractivity contribution < 1.29 is 14.7 Å². The monoisotopic (exact) mass is 254 g/mol. The van der Waals surface area contributed by atoms with Gasteiger partial charge in [-0.25, -0.2) is 0 Å². The van der Waals surface area contributed by atoms with E-state index in [9.17, 15) is 14.7 Å². The second-order valence-corrected chi connectivity index (χ2v) is 5.36. The first-order valence-electron chi connectivity index (χ1n) is 6.82. The number of hydrogen-bond acceptors (Lipinski definition) is 3. The van der Waals surface area contributed by atoms with E-state index in [1.807, 2.05) is 0 Å². The normalized spacial score (nSPS) is 31.9. The molecule has 1 aliphatic heterocycles. The molecule has 2 fully saturated rings. The Morgan fingerprint density at radius 1 is 1.33 bits per heavy atom. The molecule has 0 spiro atoms. The zero-order valence-electron chi connectivity index (χ0n) is 10.9. The number of aliphatic carboxylic acids is 1. The van der Waals surface area contributed by atoms with Crippen molar-refractivity contribution in [2.45, 2.75) is 50.6 Å². The van der Waals surface area contributed by atoms with Crippen molar-refractivity contribution in [3.63, 3.8) is 0 Å². The fourth-order valence-corrected chi connectivity index (χ4v) is 3.47. The van der Waals surface area contributed by atoms with E-state index in [-0.39, 0.29) is 11.9 Å². The van der Waals surface area contributed by atoms with Gasteiger partial charge in [0.15, 0.2) is 0 Å². The Morgan fingerprint density at radius 3 is 2.72 bits per heavy atom. The summed E-state index contributed by atoms with van der Waals surface area (Å²) >= 11 is 0. The summed E-state index contributed by atoms with van der Waals surface area (Å²) in [5.74, 6) is -0.232. The van der Waals surface area contributed by atoms with E-state index in [2.05, 4.69) is 10.2 Å². The zero-order valence-corrected chi connectivity index (χ0v) is 10.9. The molecule has 2 aliphatic rings. The lowest BCUT2D eigenvalue weighted by atomic mass is 9.85. The van der Waals surface area contributed by atoms with Crippen LogP contribution < -0.4 is 5.32 Å². The number of carboxylic acids is 1. The van der Waals surface area contributed by atoms with Gasteiger partial charge in [0.1, 0.15) is 6.04 Å². The molecule has 5 nitrogen and oxygen atoms in total. The predicted molar refractivity (Wildman–Crippen MR) is 67.2 cm³/mol. The Labute approximate surface area is 108 Å². The van der Waals surface area contributed by atoms with E-state index < -0.39 is 5.97 Å². The van der Waals surface area contributed by atoms with Gasteiger partial charge in [0.25, 0.3) is 0 Å². The number of carboxylic acid groups (broad SMARTS) is 1. The highest BCUT2D eigenvalue weighted by Gasteiger charge is 2.44. The van der Waals surface area contributed by atoms with Crippen molar-refractivity contribution in [1.29, 1.82) is 0 Å². The van der Waals surface area contributed by atoms with Gasteiger partial charge in [-0.3, -0.25) is 14.5 Å². The second-order valence-electron chi connectivity index (χ2n) is 5.36. The number of likely N-dealkylation sites (tertiary alicyclic amines) is 1. The molecule has 0 bridgehead atoms. The molecular weight excluding hydrogens is 232 g/mol. The van der Waals surface area contributed by atoms with Gasteiger partial charge >= 0.3 is 5.97 Å². The van der Waals surface area contributed by atoms with Crippen molar-refractivity contribution in [1.82, 2.24) is 10.2 Å². The second kappa shape index (κ2) is 5.69. The Kier molecular flexibility index (Phi) is 4.22. The van der Waals surface area contributed by atoms with E-state index in [0.29, 0.717) is 24.9 Å². The first-order valence-corrected chi connectivity index (χ1v) is 6.82. The van der Waals surface area contributed by atoms with Crippen LogP contribution in [0, 0.1) is 5.92 Å². The van der Waals surface area contributed by atoms with Crippen LogP contribution in [-0.4, -0.2) is 47.6 Å². The minimum absolute atomic E-state index is 0.0154. The Balaban J connectivity index is 2.02. The molecule has 2 rings (SSSR count). The van der Waals surface area contributed by atoms with Gasteiger partial charge in [-0.15, -0.1) is 0 Å². The maximum Gasteiger partial charge on any atom is 0.320 e. The van der Waals surface area contributed by atoms with Crippen LogP contribution in [0.5, 0.6) is 0 Å². The van der Waals surface area contributed by atoms with Crippen molar-refractivity contribution in [2.75, 3.05) is 13.6 Å². The lowest BCUT2D eigenvalue weighted by Gasteiger charge is -2.32. The van der Waals surface area contributed by atoms with Crippen LogP contribution >= 0.6 is 0 Å². The van der Waals surface area contributed by atoms with Crippen molar-refractivity contribution in [3.05, 3.63) is 0 Å². The van der Waals surface area contributed by atoms with E-state index in [1.54, 1.807) is 7.05 Å². The van der Waals surface area contributed by atoms with E-state index >= 15 is 0 Å². The van der Waals surface area contributed by atoms with Gasteiger partial charge in [0.05, 0.1) is 0 Å². The Morgan fingerprint density at radius 2 is 2.06 bits per heavy atom. The molecule has 5 heteroatoms.